The summed E-state index contributed by atoms with van der Waals surface area (Å²) in [7, 11) is 1.42. The van der Waals surface area contributed by atoms with Crippen molar-refractivity contribution in [3.63, 3.8) is 0 Å². The number of rotatable bonds is 4. The topological polar surface area (TPSA) is 3.24 Å². The molecule has 0 fully saturated rings. The molecule has 1 aromatic rings. The minimum atomic E-state index is -0.813. The first-order valence-corrected chi connectivity index (χ1v) is 11.5. The Morgan fingerprint density at radius 2 is 1.77 bits per heavy atom. The zero-order chi connectivity index (χ0) is 16.4. The van der Waals surface area contributed by atoms with Crippen LogP contribution < -0.4 is 0 Å². The van der Waals surface area contributed by atoms with Crippen LogP contribution in [0.4, 0.5) is 0 Å². The third-order valence-corrected chi connectivity index (χ3v) is 6.78. The minimum absolute atomic E-state index is 0.377. The summed E-state index contributed by atoms with van der Waals surface area (Å²) in [6.45, 7) is 14.0. The largest absolute Gasteiger partial charge is 0.370 e. The molecule has 1 nitrogen and oxygen atoms in total. The monoisotopic (exact) mass is 313 g/mol. The van der Waals surface area contributed by atoms with E-state index in [4.69, 9.17) is 0 Å². The van der Waals surface area contributed by atoms with E-state index < -0.39 is 8.80 Å². The summed E-state index contributed by atoms with van der Waals surface area (Å²) in [4.78, 5) is 2.42. The number of benzene rings is 1. The molecule has 1 aliphatic rings. The summed E-state index contributed by atoms with van der Waals surface area (Å²) in [5.74, 6) is 0.654. The lowest BCUT2D eigenvalue weighted by Gasteiger charge is -2.36. The molecule has 2 atom stereocenters. The molecule has 0 aliphatic carbocycles. The Kier molecular flexibility index (Phi) is 5.33. The van der Waals surface area contributed by atoms with Crippen LogP contribution in [0.15, 0.2) is 41.2 Å². The van der Waals surface area contributed by atoms with Crippen LogP contribution >= 0.6 is 0 Å². The van der Waals surface area contributed by atoms with Crippen LogP contribution in [0.1, 0.15) is 43.0 Å². The maximum absolute atomic E-state index is 2.55. The molecule has 0 saturated heterocycles. The number of allylic oxidation sites excluding steroid dienone is 2. The molecule has 2 heteroatoms. The van der Waals surface area contributed by atoms with Gasteiger partial charge in [-0.1, -0.05) is 51.2 Å². The molecule has 1 aromatic carbocycles. The summed E-state index contributed by atoms with van der Waals surface area (Å²) in [6.07, 6.45) is 6.20. The highest BCUT2D eigenvalue weighted by Crippen LogP contribution is 2.37. The van der Waals surface area contributed by atoms with Crippen molar-refractivity contribution in [2.45, 2.75) is 53.3 Å². The predicted molar refractivity (Wildman–Crippen MR) is 101 cm³/mol. The van der Waals surface area contributed by atoms with Crippen LogP contribution in [0.3, 0.4) is 0 Å². The van der Waals surface area contributed by atoms with Gasteiger partial charge in [0.15, 0.2) is 0 Å². The molecule has 22 heavy (non-hydrogen) atoms. The molecule has 0 radical (unpaired) electrons. The molecule has 0 spiro atoms. The number of aryl methyl sites for hydroxylation is 2. The highest BCUT2D eigenvalue weighted by atomic mass is 28.3. The number of hydrogen-bond donors (Lipinski definition) is 0. The van der Waals surface area contributed by atoms with E-state index in [1.54, 1.807) is 10.8 Å². The molecule has 0 amide bonds. The van der Waals surface area contributed by atoms with Crippen LogP contribution in [0.25, 0.3) is 0 Å². The third-order valence-electron chi connectivity index (χ3n) is 5.06. The lowest BCUT2D eigenvalue weighted by molar-refractivity contribution is 0.379. The van der Waals surface area contributed by atoms with E-state index in [9.17, 15) is 0 Å². The summed E-state index contributed by atoms with van der Waals surface area (Å²) in [5, 5.41) is 1.64. The van der Waals surface area contributed by atoms with Gasteiger partial charge in [-0.3, -0.25) is 0 Å². The van der Waals surface area contributed by atoms with Crippen molar-refractivity contribution in [1.29, 1.82) is 0 Å². The van der Waals surface area contributed by atoms with Crippen molar-refractivity contribution >= 4 is 8.80 Å². The molecule has 0 aromatic heterocycles. The molecular weight excluding hydrogens is 282 g/mol. The average molecular weight is 314 g/mol. The van der Waals surface area contributed by atoms with Gasteiger partial charge in [-0.25, -0.2) is 0 Å². The minimum Gasteiger partial charge on any atom is -0.370 e. The third kappa shape index (κ3) is 3.22. The molecular formula is C20H31NSi. The van der Waals surface area contributed by atoms with Crippen molar-refractivity contribution in [3.8, 4) is 0 Å². The zero-order valence-corrected chi connectivity index (χ0v) is 16.4. The van der Waals surface area contributed by atoms with Gasteiger partial charge in [0.1, 0.15) is 0 Å². The molecule has 2 rings (SSSR count). The standard InChI is InChI=1S/C20H31NSi/c1-8-14(2)17-12-18(21(5)13-19(17)22(6)7)20-15(3)10-9-11-16(20)4/h9-14,18,22H,8H2,1-7H3. The SMILES string of the molecule is CCC(C)C1=CC(c2c(C)cccc2C)N(C)C=C1[SiH](C)C. The lowest BCUT2D eigenvalue weighted by atomic mass is 9.88. The van der Waals surface area contributed by atoms with Crippen LogP contribution in [0, 0.1) is 19.8 Å². The van der Waals surface area contributed by atoms with Crippen LogP contribution in [0.5, 0.6) is 0 Å². The van der Waals surface area contributed by atoms with Crippen LogP contribution in [0.2, 0.25) is 13.1 Å². The summed E-state index contributed by atoms with van der Waals surface area (Å²) < 4.78 is 0. The van der Waals surface area contributed by atoms with E-state index in [1.165, 1.54) is 23.1 Å². The fourth-order valence-electron chi connectivity index (χ4n) is 3.49. The van der Waals surface area contributed by atoms with Gasteiger partial charge in [-0.2, -0.15) is 0 Å². The van der Waals surface area contributed by atoms with Gasteiger partial charge in [-0.05, 0) is 59.8 Å². The van der Waals surface area contributed by atoms with Crippen molar-refractivity contribution in [3.05, 3.63) is 57.9 Å². The Bertz CT molecular complexity index is 577. The van der Waals surface area contributed by atoms with Gasteiger partial charge in [0, 0.05) is 7.05 Å². The first kappa shape index (κ1) is 17.1. The Labute approximate surface area is 138 Å². The fourth-order valence-corrected chi connectivity index (χ4v) is 5.07. The molecule has 1 aliphatic heterocycles. The lowest BCUT2D eigenvalue weighted by Crippen LogP contribution is -2.28. The van der Waals surface area contributed by atoms with Gasteiger partial charge in [0.25, 0.3) is 0 Å². The molecule has 1 heterocycles. The Morgan fingerprint density at radius 1 is 1.18 bits per heavy atom. The van der Waals surface area contributed by atoms with E-state index >= 15 is 0 Å². The zero-order valence-electron chi connectivity index (χ0n) is 15.3. The van der Waals surface area contributed by atoms with E-state index in [1.807, 2.05) is 0 Å². The van der Waals surface area contributed by atoms with Gasteiger partial charge in [0.2, 0.25) is 0 Å². The first-order valence-electron chi connectivity index (χ1n) is 8.58. The molecule has 120 valence electrons. The number of hydrogen-bond acceptors (Lipinski definition) is 1. The van der Waals surface area contributed by atoms with Crippen molar-refractivity contribution < 1.29 is 0 Å². The maximum Gasteiger partial charge on any atom is 0.0728 e. The Balaban J connectivity index is 2.52. The first-order chi connectivity index (χ1) is 10.4. The second-order valence-corrected chi connectivity index (χ2v) is 10.0. The second kappa shape index (κ2) is 6.87. The Hall–Kier alpha value is -1.28. The quantitative estimate of drug-likeness (QED) is 0.693. The maximum atomic E-state index is 2.55. The molecule has 0 bridgehead atoms. The smallest absolute Gasteiger partial charge is 0.0728 e. The van der Waals surface area contributed by atoms with Gasteiger partial charge < -0.3 is 4.90 Å². The molecule has 0 saturated carbocycles. The summed E-state index contributed by atoms with van der Waals surface area (Å²) >= 11 is 0. The molecule has 2 unspecified atom stereocenters. The van der Waals surface area contributed by atoms with E-state index in [-0.39, 0.29) is 0 Å². The van der Waals surface area contributed by atoms with Crippen molar-refractivity contribution in [2.75, 3.05) is 7.05 Å². The highest BCUT2D eigenvalue weighted by molar-refractivity contribution is 6.65. The van der Waals surface area contributed by atoms with Crippen molar-refractivity contribution in [1.82, 2.24) is 4.90 Å². The van der Waals surface area contributed by atoms with Gasteiger partial charge >= 0.3 is 0 Å². The number of likely N-dealkylation sites (N-methyl/N-ethyl adjacent to an activating group) is 1. The second-order valence-electron chi connectivity index (χ2n) is 7.09. The average Bonchev–Trinajstić information content (AvgIpc) is 2.47. The van der Waals surface area contributed by atoms with Gasteiger partial charge in [0.05, 0.1) is 14.8 Å². The van der Waals surface area contributed by atoms with Gasteiger partial charge in [-0.15, -0.1) is 0 Å². The van der Waals surface area contributed by atoms with Crippen molar-refractivity contribution in [2.24, 2.45) is 5.92 Å². The predicted octanol–water partition coefficient (Wildman–Crippen LogP) is 5.17. The van der Waals surface area contributed by atoms with Crippen LogP contribution in [-0.2, 0) is 0 Å². The van der Waals surface area contributed by atoms with Crippen LogP contribution in [-0.4, -0.2) is 20.7 Å². The van der Waals surface area contributed by atoms with E-state index in [0.29, 0.717) is 12.0 Å². The number of nitrogens with zero attached hydrogens (tertiary/aromatic N) is 1. The van der Waals surface area contributed by atoms with E-state index in [2.05, 4.69) is 83.2 Å². The van der Waals surface area contributed by atoms with E-state index in [0.717, 1.165) is 0 Å². The summed E-state index contributed by atoms with van der Waals surface area (Å²) in [5.41, 5.74) is 5.88. The Morgan fingerprint density at radius 3 is 2.27 bits per heavy atom. The normalized spacial score (nSPS) is 20.0. The molecule has 0 N–H and O–H groups in total. The summed E-state index contributed by atoms with van der Waals surface area (Å²) in [6, 6.07) is 7.02. The highest BCUT2D eigenvalue weighted by Gasteiger charge is 2.26. The fraction of sp³-hybridized carbons (Fsp3) is 0.500.